The van der Waals surface area contributed by atoms with Crippen LogP contribution in [0.25, 0.3) is 10.9 Å². The van der Waals surface area contributed by atoms with Gasteiger partial charge in [0.05, 0.1) is 10.5 Å². The Hall–Kier alpha value is -1.48. The summed E-state index contributed by atoms with van der Waals surface area (Å²) in [6.07, 6.45) is 0. The third-order valence-corrected chi connectivity index (χ3v) is 2.31. The predicted octanol–water partition coefficient (Wildman–Crippen LogP) is 2.67. The third-order valence-electron chi connectivity index (χ3n) is 2.00. The van der Waals surface area contributed by atoms with Gasteiger partial charge in [0.15, 0.2) is 0 Å². The van der Waals surface area contributed by atoms with Crippen LogP contribution in [-0.4, -0.2) is 4.98 Å². The van der Waals surface area contributed by atoms with Gasteiger partial charge in [-0.25, -0.2) is 4.98 Å². The first kappa shape index (κ1) is 9.09. The Labute approximate surface area is 86.9 Å². The van der Waals surface area contributed by atoms with Crippen molar-refractivity contribution in [2.75, 3.05) is 11.1 Å². The maximum absolute atomic E-state index is 5.85. The van der Waals surface area contributed by atoms with Gasteiger partial charge in [-0.05, 0) is 18.2 Å². The number of nitrogens with two attached hydrogens (primary N) is 1. The number of rotatable bonds is 1. The van der Waals surface area contributed by atoms with Gasteiger partial charge in [0, 0.05) is 18.1 Å². The zero-order valence-corrected chi connectivity index (χ0v) is 8.17. The second kappa shape index (κ2) is 3.35. The van der Waals surface area contributed by atoms with Gasteiger partial charge in [-0.1, -0.05) is 17.7 Å². The average molecular weight is 207 g/mol. The van der Waals surface area contributed by atoms with Crippen LogP contribution in [0.5, 0.6) is 0 Å². The summed E-state index contributed by atoms with van der Waals surface area (Å²) in [5.41, 5.74) is 7.30. The summed E-state index contributed by atoms with van der Waals surface area (Å²) in [4.78, 5) is 4.16. The first-order chi connectivity index (χ1) is 6.70. The molecule has 2 aromatic rings. The van der Waals surface area contributed by atoms with Gasteiger partial charge < -0.3 is 11.1 Å². The molecule has 0 saturated heterocycles. The van der Waals surface area contributed by atoms with Crippen LogP contribution in [0.1, 0.15) is 0 Å². The van der Waals surface area contributed by atoms with E-state index in [1.807, 2.05) is 18.2 Å². The Kier molecular flexibility index (Phi) is 2.17. The molecule has 0 aliphatic rings. The van der Waals surface area contributed by atoms with E-state index in [0.717, 1.165) is 16.6 Å². The van der Waals surface area contributed by atoms with Gasteiger partial charge in [0.25, 0.3) is 0 Å². The minimum Gasteiger partial charge on any atom is -0.383 e. The van der Waals surface area contributed by atoms with Crippen LogP contribution in [0, 0.1) is 7.05 Å². The lowest BCUT2D eigenvalue weighted by Crippen LogP contribution is -1.92. The second-order valence-electron chi connectivity index (χ2n) is 2.94. The van der Waals surface area contributed by atoms with E-state index < -0.39 is 0 Å². The normalized spacial score (nSPS) is 10.4. The standard InChI is InChI=1S/C10H9ClN3/c1-13-7-3-2-6-4-8(11)10(12)14-9(6)5-7/h2-5,13H,1H2,(H2,12,14). The van der Waals surface area contributed by atoms with Crippen molar-refractivity contribution in [2.24, 2.45) is 0 Å². The number of anilines is 2. The molecular weight excluding hydrogens is 198 g/mol. The molecule has 1 radical (unpaired) electrons. The summed E-state index contributed by atoms with van der Waals surface area (Å²) in [6.45, 7) is 0. The molecule has 4 heteroatoms. The minimum absolute atomic E-state index is 0.348. The highest BCUT2D eigenvalue weighted by Crippen LogP contribution is 2.24. The molecule has 0 unspecified atom stereocenters. The summed E-state index contributed by atoms with van der Waals surface area (Å²) in [5, 5.41) is 4.23. The number of nitrogens with one attached hydrogen (secondary N) is 1. The fourth-order valence-electron chi connectivity index (χ4n) is 1.27. The van der Waals surface area contributed by atoms with Crippen molar-refractivity contribution in [1.82, 2.24) is 4.98 Å². The fraction of sp³-hybridized carbons (Fsp3) is 0. The average Bonchev–Trinajstić information content (AvgIpc) is 2.19. The van der Waals surface area contributed by atoms with Gasteiger partial charge >= 0.3 is 0 Å². The van der Waals surface area contributed by atoms with Crippen LogP contribution < -0.4 is 11.1 Å². The van der Waals surface area contributed by atoms with Gasteiger partial charge in [0.2, 0.25) is 0 Å². The Bertz CT molecular complexity index is 482. The number of aromatic nitrogens is 1. The monoisotopic (exact) mass is 206 g/mol. The molecule has 1 aromatic heterocycles. The first-order valence-electron chi connectivity index (χ1n) is 4.09. The molecular formula is C10H9ClN3. The van der Waals surface area contributed by atoms with E-state index >= 15 is 0 Å². The molecule has 14 heavy (non-hydrogen) atoms. The zero-order chi connectivity index (χ0) is 10.1. The number of nitrogen functional groups attached to an aromatic ring is 1. The summed E-state index contributed by atoms with van der Waals surface area (Å²) < 4.78 is 0. The van der Waals surface area contributed by atoms with Gasteiger partial charge in [0.1, 0.15) is 5.82 Å². The summed E-state index contributed by atoms with van der Waals surface area (Å²) >= 11 is 5.85. The van der Waals surface area contributed by atoms with Crippen LogP contribution in [0.15, 0.2) is 24.3 Å². The molecule has 3 nitrogen and oxygen atoms in total. The number of hydrogen-bond donors (Lipinski definition) is 2. The highest BCUT2D eigenvalue weighted by atomic mass is 35.5. The van der Waals surface area contributed by atoms with Crippen molar-refractivity contribution in [1.29, 1.82) is 0 Å². The molecule has 0 aliphatic heterocycles. The molecule has 1 aromatic carbocycles. The third kappa shape index (κ3) is 1.46. The van der Waals surface area contributed by atoms with E-state index in [1.54, 1.807) is 6.07 Å². The molecule has 0 saturated carbocycles. The van der Waals surface area contributed by atoms with Crippen LogP contribution >= 0.6 is 11.6 Å². The Morgan fingerprint density at radius 3 is 2.86 bits per heavy atom. The van der Waals surface area contributed by atoms with Crippen molar-refractivity contribution in [3.8, 4) is 0 Å². The van der Waals surface area contributed by atoms with Crippen molar-refractivity contribution >= 4 is 34.0 Å². The lowest BCUT2D eigenvalue weighted by atomic mass is 10.2. The number of hydrogen-bond acceptors (Lipinski definition) is 3. The Balaban J connectivity index is 2.70. The topological polar surface area (TPSA) is 50.9 Å². The van der Waals surface area contributed by atoms with E-state index in [4.69, 9.17) is 17.3 Å². The van der Waals surface area contributed by atoms with Crippen LogP contribution in [-0.2, 0) is 0 Å². The smallest absolute Gasteiger partial charge is 0.142 e. The van der Waals surface area contributed by atoms with Gasteiger partial charge in [-0.2, -0.15) is 0 Å². The number of pyridine rings is 1. The Morgan fingerprint density at radius 1 is 1.36 bits per heavy atom. The lowest BCUT2D eigenvalue weighted by Gasteiger charge is -2.04. The van der Waals surface area contributed by atoms with Crippen molar-refractivity contribution in [3.63, 3.8) is 0 Å². The van der Waals surface area contributed by atoms with Crippen LogP contribution in [0.2, 0.25) is 5.02 Å². The van der Waals surface area contributed by atoms with E-state index in [2.05, 4.69) is 17.3 Å². The fourth-order valence-corrected chi connectivity index (χ4v) is 1.43. The van der Waals surface area contributed by atoms with Crippen molar-refractivity contribution < 1.29 is 0 Å². The predicted molar refractivity (Wildman–Crippen MR) is 60.1 cm³/mol. The SMILES string of the molecule is [CH2]Nc1ccc2cc(Cl)c(N)nc2c1. The maximum atomic E-state index is 5.85. The molecule has 3 N–H and O–H groups in total. The molecule has 0 bridgehead atoms. The molecule has 0 fully saturated rings. The highest BCUT2D eigenvalue weighted by Gasteiger charge is 2.01. The largest absolute Gasteiger partial charge is 0.383 e. The summed E-state index contributed by atoms with van der Waals surface area (Å²) in [7, 11) is 3.57. The molecule has 0 atom stereocenters. The van der Waals surface area contributed by atoms with Gasteiger partial charge in [-0.15, -0.1) is 0 Å². The minimum atomic E-state index is 0.348. The number of benzene rings is 1. The van der Waals surface area contributed by atoms with E-state index in [1.165, 1.54) is 0 Å². The van der Waals surface area contributed by atoms with Gasteiger partial charge in [-0.3, -0.25) is 0 Å². The lowest BCUT2D eigenvalue weighted by molar-refractivity contribution is 1.41. The Morgan fingerprint density at radius 2 is 2.14 bits per heavy atom. The molecule has 0 amide bonds. The number of halogens is 1. The van der Waals surface area contributed by atoms with Crippen LogP contribution in [0.4, 0.5) is 11.5 Å². The summed E-state index contributed by atoms with van der Waals surface area (Å²) in [6, 6.07) is 7.49. The summed E-state index contributed by atoms with van der Waals surface area (Å²) in [5.74, 6) is 0.348. The molecule has 2 rings (SSSR count). The molecule has 0 aliphatic carbocycles. The number of fused-ring (bicyclic) bond motifs is 1. The van der Waals surface area contributed by atoms with E-state index in [9.17, 15) is 0 Å². The van der Waals surface area contributed by atoms with Crippen LogP contribution in [0.3, 0.4) is 0 Å². The zero-order valence-electron chi connectivity index (χ0n) is 7.42. The quantitative estimate of drug-likeness (QED) is 0.754. The van der Waals surface area contributed by atoms with E-state index in [0.29, 0.717) is 10.8 Å². The maximum Gasteiger partial charge on any atom is 0.142 e. The van der Waals surface area contributed by atoms with Crippen molar-refractivity contribution in [3.05, 3.63) is 36.3 Å². The van der Waals surface area contributed by atoms with Crippen molar-refractivity contribution in [2.45, 2.75) is 0 Å². The molecule has 0 spiro atoms. The second-order valence-corrected chi connectivity index (χ2v) is 3.35. The molecule has 1 heterocycles. The highest BCUT2D eigenvalue weighted by molar-refractivity contribution is 6.33. The molecule has 71 valence electrons. The first-order valence-corrected chi connectivity index (χ1v) is 4.47. The number of nitrogens with zero attached hydrogens (tertiary/aromatic N) is 1. The van der Waals surface area contributed by atoms with E-state index in [-0.39, 0.29) is 0 Å².